The number of esters is 1. The third kappa shape index (κ3) is 4.66. The molecule has 0 saturated carbocycles. The molecule has 0 fully saturated rings. The molecule has 0 atom stereocenters. The molecule has 0 aliphatic carbocycles. The Morgan fingerprint density at radius 2 is 1.66 bits per heavy atom. The van der Waals surface area contributed by atoms with Crippen LogP contribution in [-0.4, -0.2) is 31.9 Å². The average Bonchev–Trinajstić information content (AvgIpc) is 3.21. The molecule has 1 heterocycles. The van der Waals surface area contributed by atoms with Gasteiger partial charge in [-0.25, -0.2) is 23.3 Å². The van der Waals surface area contributed by atoms with Gasteiger partial charge in [-0.15, -0.1) is 0 Å². The Hall–Kier alpha value is -4.02. The number of nitrogens with one attached hydrogen (secondary N) is 1. The number of carbonyl (C=O) groups is 2. The zero-order valence-electron chi connectivity index (χ0n) is 16.5. The van der Waals surface area contributed by atoms with Crippen LogP contribution < -0.4 is 10.5 Å². The van der Waals surface area contributed by atoms with Gasteiger partial charge in [-0.05, 0) is 48.5 Å². The first-order valence-electron chi connectivity index (χ1n) is 9.36. The van der Waals surface area contributed by atoms with Crippen LogP contribution in [0.15, 0.2) is 82.1 Å². The van der Waals surface area contributed by atoms with Crippen molar-refractivity contribution in [3.05, 3.63) is 78.4 Å². The maximum atomic E-state index is 12.6. The second kappa shape index (κ2) is 8.61. The number of fused-ring (bicyclic) bond motifs is 1. The highest BCUT2D eigenvalue weighted by molar-refractivity contribution is 7.89. The highest BCUT2D eigenvalue weighted by Crippen LogP contribution is 2.27. The third-order valence-electron chi connectivity index (χ3n) is 4.47. The Morgan fingerprint density at radius 3 is 2.38 bits per heavy atom. The van der Waals surface area contributed by atoms with Crippen LogP contribution in [0.3, 0.4) is 0 Å². The lowest BCUT2D eigenvalue weighted by Crippen LogP contribution is -2.21. The lowest BCUT2D eigenvalue weighted by molar-refractivity contribution is -0.119. The van der Waals surface area contributed by atoms with Crippen LogP contribution in [0.4, 0.5) is 5.69 Å². The van der Waals surface area contributed by atoms with Crippen molar-refractivity contribution in [2.24, 2.45) is 5.14 Å². The number of nitrogens with zero attached hydrogens (tertiary/aromatic N) is 1. The van der Waals surface area contributed by atoms with Gasteiger partial charge in [-0.1, -0.05) is 24.3 Å². The number of para-hydroxylation sites is 2. The minimum absolute atomic E-state index is 0.0854. The topological polar surface area (TPSA) is 142 Å². The van der Waals surface area contributed by atoms with E-state index >= 15 is 0 Å². The zero-order chi connectivity index (χ0) is 22.7. The van der Waals surface area contributed by atoms with Gasteiger partial charge in [0.2, 0.25) is 15.9 Å². The van der Waals surface area contributed by atoms with Crippen LogP contribution in [0, 0.1) is 0 Å². The monoisotopic (exact) mass is 451 g/mol. The molecule has 9 nitrogen and oxygen atoms in total. The first-order chi connectivity index (χ1) is 15.3. The number of sulfonamides is 1. The number of benzene rings is 3. The summed E-state index contributed by atoms with van der Waals surface area (Å²) >= 11 is 0. The maximum Gasteiger partial charge on any atom is 0.339 e. The molecule has 3 N–H and O–H groups in total. The molecular weight excluding hydrogens is 434 g/mol. The van der Waals surface area contributed by atoms with Crippen molar-refractivity contribution in [3.63, 3.8) is 0 Å². The summed E-state index contributed by atoms with van der Waals surface area (Å²) in [6.45, 7) is -0.544. The Labute approximate surface area is 182 Å². The number of aromatic nitrogens is 1. The Morgan fingerprint density at radius 1 is 0.969 bits per heavy atom. The van der Waals surface area contributed by atoms with Gasteiger partial charge in [0.15, 0.2) is 12.2 Å². The molecule has 0 saturated heterocycles. The molecule has 0 spiro atoms. The molecule has 0 aliphatic rings. The van der Waals surface area contributed by atoms with E-state index < -0.39 is 28.5 Å². The number of carbonyl (C=O) groups excluding carboxylic acids is 2. The van der Waals surface area contributed by atoms with Gasteiger partial charge in [0, 0.05) is 5.69 Å². The Bertz CT molecular complexity index is 1380. The Balaban J connectivity index is 1.44. The molecule has 1 aromatic heterocycles. The van der Waals surface area contributed by atoms with Crippen LogP contribution in [0.2, 0.25) is 0 Å². The first kappa shape index (κ1) is 21.2. The SMILES string of the molecule is NS(=O)(=O)c1ccc(NC(=O)COC(=O)c2ccccc2-c2nc3ccccc3o2)cc1. The van der Waals surface area contributed by atoms with Crippen molar-refractivity contribution in [2.75, 3.05) is 11.9 Å². The zero-order valence-corrected chi connectivity index (χ0v) is 17.3. The second-order valence-corrected chi connectivity index (χ2v) is 8.29. The highest BCUT2D eigenvalue weighted by atomic mass is 32.2. The molecule has 4 rings (SSSR count). The fourth-order valence-corrected chi connectivity index (χ4v) is 3.48. The third-order valence-corrected chi connectivity index (χ3v) is 5.40. The van der Waals surface area contributed by atoms with E-state index in [0.29, 0.717) is 22.4 Å². The summed E-state index contributed by atoms with van der Waals surface area (Å²) < 4.78 is 33.4. The molecule has 0 aliphatic heterocycles. The van der Waals surface area contributed by atoms with E-state index in [2.05, 4.69) is 10.3 Å². The smallest absolute Gasteiger partial charge is 0.339 e. The predicted octanol–water partition coefficient (Wildman–Crippen LogP) is 2.94. The number of amides is 1. The summed E-state index contributed by atoms with van der Waals surface area (Å²) in [4.78, 5) is 29.1. The standard InChI is InChI=1S/C22H17N3O6S/c23-32(28,29)15-11-9-14(10-12-15)24-20(26)13-30-22(27)17-6-2-1-5-16(17)21-25-18-7-3-4-8-19(18)31-21/h1-12H,13H2,(H,24,26)(H2,23,28,29). The summed E-state index contributed by atoms with van der Waals surface area (Å²) in [6.07, 6.45) is 0. The fourth-order valence-electron chi connectivity index (χ4n) is 2.97. The lowest BCUT2D eigenvalue weighted by Gasteiger charge is -2.09. The van der Waals surface area contributed by atoms with Crippen LogP contribution >= 0.6 is 0 Å². The minimum atomic E-state index is -3.83. The number of oxazole rings is 1. The van der Waals surface area contributed by atoms with Crippen molar-refractivity contribution in [1.82, 2.24) is 4.98 Å². The van der Waals surface area contributed by atoms with Crippen LogP contribution in [-0.2, 0) is 19.6 Å². The Kier molecular flexibility index (Phi) is 5.71. The first-order valence-corrected chi connectivity index (χ1v) is 10.9. The summed E-state index contributed by atoms with van der Waals surface area (Å²) in [7, 11) is -3.83. The molecule has 3 aromatic carbocycles. The molecule has 1 amide bonds. The van der Waals surface area contributed by atoms with Crippen LogP contribution in [0.1, 0.15) is 10.4 Å². The van der Waals surface area contributed by atoms with Gasteiger partial charge in [0.05, 0.1) is 16.0 Å². The lowest BCUT2D eigenvalue weighted by atomic mass is 10.1. The number of anilines is 1. The number of rotatable bonds is 6. The quantitative estimate of drug-likeness (QED) is 0.429. The summed E-state index contributed by atoms with van der Waals surface area (Å²) in [5.41, 5.74) is 2.19. The summed E-state index contributed by atoms with van der Waals surface area (Å²) in [6, 6.07) is 19.1. The highest BCUT2D eigenvalue weighted by Gasteiger charge is 2.19. The number of hydrogen-bond donors (Lipinski definition) is 2. The van der Waals surface area contributed by atoms with E-state index in [9.17, 15) is 18.0 Å². The van der Waals surface area contributed by atoms with E-state index in [1.807, 2.05) is 12.1 Å². The number of ether oxygens (including phenoxy) is 1. The van der Waals surface area contributed by atoms with E-state index in [1.54, 1.807) is 36.4 Å². The van der Waals surface area contributed by atoms with Crippen molar-refractivity contribution in [2.45, 2.75) is 4.90 Å². The van der Waals surface area contributed by atoms with E-state index in [1.165, 1.54) is 24.3 Å². The summed E-state index contributed by atoms with van der Waals surface area (Å²) in [5, 5.41) is 7.55. The number of primary sulfonamides is 1. The number of nitrogens with two attached hydrogens (primary N) is 1. The minimum Gasteiger partial charge on any atom is -0.452 e. The van der Waals surface area contributed by atoms with Gasteiger partial charge in [0.1, 0.15) is 5.52 Å². The molecule has 0 bridgehead atoms. The van der Waals surface area contributed by atoms with Crippen molar-refractivity contribution in [1.29, 1.82) is 0 Å². The van der Waals surface area contributed by atoms with Gasteiger partial charge in [0.25, 0.3) is 5.91 Å². The maximum absolute atomic E-state index is 12.6. The van der Waals surface area contributed by atoms with E-state index in [0.717, 1.165) is 0 Å². The molecule has 32 heavy (non-hydrogen) atoms. The average molecular weight is 451 g/mol. The fraction of sp³-hybridized carbons (Fsp3) is 0.0455. The van der Waals surface area contributed by atoms with Gasteiger partial charge in [-0.3, -0.25) is 4.79 Å². The van der Waals surface area contributed by atoms with Gasteiger partial charge < -0.3 is 14.5 Å². The molecule has 0 radical (unpaired) electrons. The summed E-state index contributed by atoms with van der Waals surface area (Å²) in [5.74, 6) is -1.05. The normalized spacial score (nSPS) is 11.3. The molecular formula is C22H17N3O6S. The van der Waals surface area contributed by atoms with Crippen molar-refractivity contribution in [3.8, 4) is 11.5 Å². The molecule has 0 unspecified atom stereocenters. The van der Waals surface area contributed by atoms with Crippen molar-refractivity contribution < 1.29 is 27.2 Å². The van der Waals surface area contributed by atoms with Crippen molar-refractivity contribution >= 4 is 38.7 Å². The predicted molar refractivity (Wildman–Crippen MR) is 116 cm³/mol. The van der Waals surface area contributed by atoms with Gasteiger partial charge >= 0.3 is 5.97 Å². The number of hydrogen-bond acceptors (Lipinski definition) is 7. The van der Waals surface area contributed by atoms with E-state index in [-0.39, 0.29) is 16.3 Å². The molecule has 10 heteroatoms. The largest absolute Gasteiger partial charge is 0.452 e. The second-order valence-electron chi connectivity index (χ2n) is 6.73. The molecule has 4 aromatic rings. The van der Waals surface area contributed by atoms with Crippen LogP contribution in [0.5, 0.6) is 0 Å². The van der Waals surface area contributed by atoms with Crippen LogP contribution in [0.25, 0.3) is 22.6 Å². The molecule has 162 valence electrons. The van der Waals surface area contributed by atoms with E-state index in [4.69, 9.17) is 14.3 Å². The van der Waals surface area contributed by atoms with Gasteiger partial charge in [-0.2, -0.15) is 0 Å².